The number of fused-ring (bicyclic) bond motifs is 1. The molecule has 1 aliphatic rings. The first-order valence-electron chi connectivity index (χ1n) is 7.87. The number of carbonyl (C=O) groups is 1. The summed E-state index contributed by atoms with van der Waals surface area (Å²) in [5, 5.41) is 4.28. The number of carbonyl (C=O) groups excluding carboxylic acids is 1. The van der Waals surface area contributed by atoms with Gasteiger partial charge in [0, 0.05) is 26.1 Å². The third-order valence-corrected chi connectivity index (χ3v) is 5.40. The quantitative estimate of drug-likeness (QED) is 0.943. The molecule has 2 heterocycles. The Morgan fingerprint density at radius 3 is 2.86 bits per heavy atom. The van der Waals surface area contributed by atoms with E-state index in [0.29, 0.717) is 11.8 Å². The van der Waals surface area contributed by atoms with Crippen LogP contribution in [0.25, 0.3) is 10.2 Å². The maximum Gasteiger partial charge on any atom is 0.217 e. The number of hydrogen-bond donors (Lipinski definition) is 1. The van der Waals surface area contributed by atoms with Crippen molar-refractivity contribution in [1.29, 1.82) is 0 Å². The van der Waals surface area contributed by atoms with Gasteiger partial charge in [-0.15, -0.1) is 11.3 Å². The smallest absolute Gasteiger partial charge is 0.217 e. The molecule has 1 amide bonds. The van der Waals surface area contributed by atoms with E-state index in [1.807, 2.05) is 6.07 Å². The van der Waals surface area contributed by atoms with E-state index in [1.165, 1.54) is 4.70 Å². The predicted molar refractivity (Wildman–Crippen MR) is 90.8 cm³/mol. The van der Waals surface area contributed by atoms with E-state index in [1.54, 1.807) is 18.3 Å². The summed E-state index contributed by atoms with van der Waals surface area (Å²) < 4.78 is 1.25. The minimum atomic E-state index is 0.0671. The van der Waals surface area contributed by atoms with E-state index >= 15 is 0 Å². The first kappa shape index (κ1) is 15.4. The number of nitrogens with zero attached hydrogens (tertiary/aromatic N) is 2. The van der Waals surface area contributed by atoms with Crippen LogP contribution in [0.3, 0.4) is 0 Å². The molecule has 0 spiro atoms. The van der Waals surface area contributed by atoms with Crippen molar-refractivity contribution in [2.75, 3.05) is 13.1 Å². The van der Waals surface area contributed by atoms with Crippen molar-refractivity contribution in [1.82, 2.24) is 15.2 Å². The molecule has 0 bridgehead atoms. The van der Waals surface area contributed by atoms with Crippen molar-refractivity contribution in [3.05, 3.63) is 29.3 Å². The second-order valence-electron chi connectivity index (χ2n) is 6.48. The molecule has 1 aromatic carbocycles. The van der Waals surface area contributed by atoms with Crippen LogP contribution in [0.4, 0.5) is 0 Å². The van der Waals surface area contributed by atoms with Crippen LogP contribution in [0.15, 0.2) is 24.3 Å². The zero-order valence-corrected chi connectivity index (χ0v) is 14.2. The largest absolute Gasteiger partial charge is 0.352 e. The second kappa shape index (κ2) is 6.34. The molecule has 22 heavy (non-hydrogen) atoms. The van der Waals surface area contributed by atoms with E-state index in [4.69, 9.17) is 4.98 Å². The van der Waals surface area contributed by atoms with Gasteiger partial charge in [0.2, 0.25) is 5.91 Å². The predicted octanol–water partition coefficient (Wildman–Crippen LogP) is 2.89. The number of nitrogens with one attached hydrogen (secondary N) is 1. The number of para-hydroxylation sites is 1. The van der Waals surface area contributed by atoms with Gasteiger partial charge < -0.3 is 5.32 Å². The van der Waals surface area contributed by atoms with Crippen LogP contribution in [0.1, 0.15) is 25.8 Å². The Kier molecular flexibility index (Phi) is 4.45. The van der Waals surface area contributed by atoms with Crippen LogP contribution in [-0.2, 0) is 11.3 Å². The minimum absolute atomic E-state index is 0.0671. The van der Waals surface area contributed by atoms with Crippen molar-refractivity contribution in [2.24, 2.45) is 11.8 Å². The first-order chi connectivity index (χ1) is 10.5. The molecular formula is C17H23N3OS. The maximum absolute atomic E-state index is 11.4. The number of aromatic nitrogens is 1. The third-order valence-electron chi connectivity index (χ3n) is 4.38. The average Bonchev–Trinajstić information content (AvgIpc) is 3.01. The summed E-state index contributed by atoms with van der Waals surface area (Å²) in [6, 6.07) is 8.53. The van der Waals surface area contributed by atoms with Gasteiger partial charge in [-0.2, -0.15) is 0 Å². The van der Waals surface area contributed by atoms with Crippen LogP contribution in [0.5, 0.6) is 0 Å². The SMILES string of the molecule is CC(=O)N[C@@H]1CN(Cc2nc3ccccc3s2)C[C@H]1C(C)C. The van der Waals surface area contributed by atoms with Gasteiger partial charge in [0.15, 0.2) is 0 Å². The molecule has 0 unspecified atom stereocenters. The van der Waals surface area contributed by atoms with Gasteiger partial charge in [-0.3, -0.25) is 9.69 Å². The average molecular weight is 317 g/mol. The van der Waals surface area contributed by atoms with Crippen molar-refractivity contribution in [2.45, 2.75) is 33.4 Å². The summed E-state index contributed by atoms with van der Waals surface area (Å²) in [4.78, 5) is 18.6. The molecular weight excluding hydrogens is 294 g/mol. The summed E-state index contributed by atoms with van der Waals surface area (Å²) in [7, 11) is 0. The molecule has 0 radical (unpaired) electrons. The fraction of sp³-hybridized carbons (Fsp3) is 0.529. The zero-order valence-electron chi connectivity index (χ0n) is 13.4. The lowest BCUT2D eigenvalue weighted by atomic mass is 9.91. The van der Waals surface area contributed by atoms with Gasteiger partial charge in [0.1, 0.15) is 5.01 Å². The lowest BCUT2D eigenvalue weighted by Crippen LogP contribution is -2.40. The van der Waals surface area contributed by atoms with E-state index < -0.39 is 0 Å². The van der Waals surface area contributed by atoms with E-state index in [-0.39, 0.29) is 11.9 Å². The topological polar surface area (TPSA) is 45.2 Å². The highest BCUT2D eigenvalue weighted by Crippen LogP contribution is 2.28. The molecule has 2 atom stereocenters. The van der Waals surface area contributed by atoms with Gasteiger partial charge >= 0.3 is 0 Å². The van der Waals surface area contributed by atoms with Crippen molar-refractivity contribution in [3.8, 4) is 0 Å². The fourth-order valence-electron chi connectivity index (χ4n) is 3.31. The van der Waals surface area contributed by atoms with Crippen LogP contribution in [0.2, 0.25) is 0 Å². The Morgan fingerprint density at radius 2 is 2.18 bits per heavy atom. The van der Waals surface area contributed by atoms with E-state index in [2.05, 4.69) is 42.3 Å². The van der Waals surface area contributed by atoms with Crippen LogP contribution >= 0.6 is 11.3 Å². The van der Waals surface area contributed by atoms with Crippen molar-refractivity contribution < 1.29 is 4.79 Å². The Labute approximate surface area is 135 Å². The Bertz CT molecular complexity index is 634. The second-order valence-corrected chi connectivity index (χ2v) is 7.60. The van der Waals surface area contributed by atoms with Crippen LogP contribution in [-0.4, -0.2) is 34.9 Å². The molecule has 1 aromatic heterocycles. The molecule has 1 fully saturated rings. The molecule has 1 aliphatic heterocycles. The molecule has 5 heteroatoms. The van der Waals surface area contributed by atoms with Gasteiger partial charge in [-0.1, -0.05) is 26.0 Å². The molecule has 1 N–H and O–H groups in total. The molecule has 2 aromatic rings. The van der Waals surface area contributed by atoms with Gasteiger partial charge in [0.05, 0.1) is 16.8 Å². The normalized spacial score (nSPS) is 22.5. The Hall–Kier alpha value is -1.46. The first-order valence-corrected chi connectivity index (χ1v) is 8.68. The lowest BCUT2D eigenvalue weighted by Gasteiger charge is -2.22. The number of amides is 1. The highest BCUT2D eigenvalue weighted by molar-refractivity contribution is 7.18. The van der Waals surface area contributed by atoms with Gasteiger partial charge in [-0.05, 0) is 24.0 Å². The van der Waals surface area contributed by atoms with E-state index in [0.717, 1.165) is 30.2 Å². The monoisotopic (exact) mass is 317 g/mol. The molecule has 3 rings (SSSR count). The number of likely N-dealkylation sites (tertiary alicyclic amines) is 1. The third kappa shape index (κ3) is 3.31. The summed E-state index contributed by atoms with van der Waals surface area (Å²) in [5.41, 5.74) is 1.08. The van der Waals surface area contributed by atoms with Gasteiger partial charge in [-0.25, -0.2) is 4.98 Å². The minimum Gasteiger partial charge on any atom is -0.352 e. The zero-order chi connectivity index (χ0) is 15.7. The van der Waals surface area contributed by atoms with Crippen LogP contribution in [0, 0.1) is 11.8 Å². The highest BCUT2D eigenvalue weighted by atomic mass is 32.1. The lowest BCUT2D eigenvalue weighted by molar-refractivity contribution is -0.119. The maximum atomic E-state index is 11.4. The fourth-order valence-corrected chi connectivity index (χ4v) is 4.32. The summed E-state index contributed by atoms with van der Waals surface area (Å²) in [6.45, 7) is 8.89. The summed E-state index contributed by atoms with van der Waals surface area (Å²) in [6.07, 6.45) is 0. The van der Waals surface area contributed by atoms with Crippen molar-refractivity contribution in [3.63, 3.8) is 0 Å². The Balaban J connectivity index is 1.71. The van der Waals surface area contributed by atoms with Crippen LogP contribution < -0.4 is 5.32 Å². The Morgan fingerprint density at radius 1 is 1.41 bits per heavy atom. The standard InChI is InChI=1S/C17H23N3OS/c1-11(2)13-8-20(9-15(13)18-12(3)21)10-17-19-14-6-4-5-7-16(14)22-17/h4-7,11,13,15H,8-10H2,1-3H3,(H,18,21)/t13-,15+/m0/s1. The number of thiazole rings is 1. The molecule has 4 nitrogen and oxygen atoms in total. The molecule has 118 valence electrons. The molecule has 1 saturated heterocycles. The number of benzene rings is 1. The summed E-state index contributed by atoms with van der Waals surface area (Å²) in [5.74, 6) is 1.15. The summed E-state index contributed by atoms with van der Waals surface area (Å²) >= 11 is 1.77. The number of hydrogen-bond acceptors (Lipinski definition) is 4. The molecule has 0 saturated carbocycles. The highest BCUT2D eigenvalue weighted by Gasteiger charge is 2.35. The van der Waals surface area contributed by atoms with E-state index in [9.17, 15) is 4.79 Å². The molecule has 0 aliphatic carbocycles. The van der Waals surface area contributed by atoms with Gasteiger partial charge in [0.25, 0.3) is 0 Å². The van der Waals surface area contributed by atoms with Crippen molar-refractivity contribution >= 4 is 27.5 Å². The number of rotatable bonds is 4.